The molecule has 0 saturated carbocycles. The molecular formula is C19H25NO2Si2. The van der Waals surface area contributed by atoms with Gasteiger partial charge in [-0.05, 0) is 42.4 Å². The summed E-state index contributed by atoms with van der Waals surface area (Å²) in [5.74, 6) is 0.291. The zero-order chi connectivity index (χ0) is 17.4. The van der Waals surface area contributed by atoms with Gasteiger partial charge in [0.05, 0.1) is 5.56 Å². The SMILES string of the molecule is C[Si]1(C)CC[Si](C)(C)N1c1cccc(C(=O)Oc2ccccc2)c1. The fraction of sp³-hybridized carbons (Fsp3) is 0.316. The largest absolute Gasteiger partial charge is 0.424 e. The van der Waals surface area contributed by atoms with E-state index in [1.807, 2.05) is 36.4 Å². The van der Waals surface area contributed by atoms with Gasteiger partial charge in [0.2, 0.25) is 0 Å². The van der Waals surface area contributed by atoms with Gasteiger partial charge in [0.1, 0.15) is 22.2 Å². The van der Waals surface area contributed by atoms with Crippen LogP contribution in [0, 0.1) is 0 Å². The zero-order valence-electron chi connectivity index (χ0n) is 14.9. The van der Waals surface area contributed by atoms with Gasteiger partial charge in [-0.1, -0.05) is 50.5 Å². The van der Waals surface area contributed by atoms with Crippen molar-refractivity contribution in [3.63, 3.8) is 0 Å². The number of nitrogens with zero attached hydrogens (tertiary/aromatic N) is 1. The fourth-order valence-corrected chi connectivity index (χ4v) is 18.0. The predicted molar refractivity (Wildman–Crippen MR) is 105 cm³/mol. The van der Waals surface area contributed by atoms with Crippen LogP contribution in [0.1, 0.15) is 10.4 Å². The van der Waals surface area contributed by atoms with Gasteiger partial charge in [0.25, 0.3) is 0 Å². The second-order valence-corrected chi connectivity index (χ2v) is 17.3. The molecule has 1 saturated heterocycles. The quantitative estimate of drug-likeness (QED) is 0.434. The first-order valence-corrected chi connectivity index (χ1v) is 14.8. The predicted octanol–water partition coefficient (Wildman–Crippen LogP) is 5.14. The molecule has 0 spiro atoms. The summed E-state index contributed by atoms with van der Waals surface area (Å²) in [5, 5.41) is 0. The Hall–Kier alpha value is -1.86. The van der Waals surface area contributed by atoms with Crippen LogP contribution in [0.5, 0.6) is 5.75 Å². The number of ether oxygens (including phenoxy) is 1. The van der Waals surface area contributed by atoms with Crippen molar-refractivity contribution >= 4 is 28.1 Å². The van der Waals surface area contributed by atoms with Crippen molar-refractivity contribution in [3.8, 4) is 5.75 Å². The lowest BCUT2D eigenvalue weighted by atomic mass is 10.2. The average molecular weight is 356 g/mol. The molecular weight excluding hydrogens is 330 g/mol. The minimum atomic E-state index is -1.43. The molecule has 3 nitrogen and oxygen atoms in total. The summed E-state index contributed by atoms with van der Waals surface area (Å²) in [6.45, 7) is 9.74. The van der Waals surface area contributed by atoms with Gasteiger partial charge in [-0.3, -0.25) is 0 Å². The van der Waals surface area contributed by atoms with Gasteiger partial charge >= 0.3 is 5.97 Å². The minimum Gasteiger partial charge on any atom is -0.424 e. The summed E-state index contributed by atoms with van der Waals surface area (Å²) in [4.78, 5) is 12.5. The molecule has 0 atom stereocenters. The number of benzene rings is 2. The summed E-state index contributed by atoms with van der Waals surface area (Å²) in [6.07, 6.45) is 0. The van der Waals surface area contributed by atoms with Crippen LogP contribution in [0.15, 0.2) is 54.6 Å². The molecule has 2 aromatic carbocycles. The van der Waals surface area contributed by atoms with E-state index in [-0.39, 0.29) is 5.97 Å². The molecule has 1 aliphatic rings. The molecule has 0 aromatic heterocycles. The van der Waals surface area contributed by atoms with Gasteiger partial charge in [-0.25, -0.2) is 4.79 Å². The summed E-state index contributed by atoms with van der Waals surface area (Å²) in [6, 6.07) is 19.9. The van der Waals surface area contributed by atoms with E-state index >= 15 is 0 Å². The Kier molecular flexibility index (Phi) is 4.40. The summed E-state index contributed by atoms with van der Waals surface area (Å²) in [5.41, 5.74) is 1.82. The molecule has 0 unspecified atom stereocenters. The highest BCUT2D eigenvalue weighted by Crippen LogP contribution is 2.40. The Morgan fingerprint density at radius 2 is 1.54 bits per heavy atom. The van der Waals surface area contributed by atoms with E-state index in [4.69, 9.17) is 4.74 Å². The van der Waals surface area contributed by atoms with E-state index < -0.39 is 16.5 Å². The normalized spacial score (nSPS) is 18.4. The summed E-state index contributed by atoms with van der Waals surface area (Å²) in [7, 11) is -2.87. The van der Waals surface area contributed by atoms with Crippen molar-refractivity contribution in [2.75, 3.05) is 4.23 Å². The number of carbonyl (C=O) groups excluding carboxylic acids is 1. The minimum absolute atomic E-state index is 0.291. The Morgan fingerprint density at radius 1 is 0.917 bits per heavy atom. The maximum absolute atomic E-state index is 12.5. The van der Waals surface area contributed by atoms with Gasteiger partial charge < -0.3 is 8.97 Å². The average Bonchev–Trinajstić information content (AvgIpc) is 2.76. The van der Waals surface area contributed by atoms with Gasteiger partial charge in [-0.15, -0.1) is 0 Å². The fourth-order valence-electron chi connectivity index (χ4n) is 3.78. The number of para-hydroxylation sites is 1. The van der Waals surface area contributed by atoms with E-state index in [0.717, 1.165) is 0 Å². The summed E-state index contributed by atoms with van der Waals surface area (Å²) < 4.78 is 8.19. The standard InChI is InChI=1S/C19H25NO2Si2/c1-23(2)13-14-24(3,4)20(23)17-10-8-9-16(15-17)19(21)22-18-11-6-5-7-12-18/h5-12,15H,13-14H2,1-4H3. The Balaban J connectivity index is 1.88. The smallest absolute Gasteiger partial charge is 0.343 e. The molecule has 0 amide bonds. The second-order valence-electron chi connectivity index (χ2n) is 7.71. The molecule has 0 aliphatic carbocycles. The van der Waals surface area contributed by atoms with E-state index in [1.165, 1.54) is 17.8 Å². The highest BCUT2D eigenvalue weighted by atomic mass is 28.4. The number of anilines is 1. The maximum atomic E-state index is 12.5. The lowest BCUT2D eigenvalue weighted by molar-refractivity contribution is 0.0735. The van der Waals surface area contributed by atoms with Crippen LogP contribution in [-0.4, -0.2) is 22.4 Å². The number of hydrogen-bond acceptors (Lipinski definition) is 3. The van der Waals surface area contributed by atoms with Crippen LogP contribution in [0.25, 0.3) is 0 Å². The third-order valence-electron chi connectivity index (χ3n) is 4.85. The van der Waals surface area contributed by atoms with E-state index in [2.05, 4.69) is 36.5 Å². The first-order valence-electron chi connectivity index (χ1n) is 8.47. The van der Waals surface area contributed by atoms with Crippen molar-refractivity contribution in [3.05, 3.63) is 60.2 Å². The molecule has 126 valence electrons. The zero-order valence-corrected chi connectivity index (χ0v) is 16.9. The second kappa shape index (κ2) is 6.22. The molecule has 0 N–H and O–H groups in total. The van der Waals surface area contributed by atoms with E-state index in [0.29, 0.717) is 11.3 Å². The highest BCUT2D eigenvalue weighted by molar-refractivity contribution is 7.04. The lowest BCUT2D eigenvalue weighted by Gasteiger charge is -2.41. The van der Waals surface area contributed by atoms with E-state index in [1.54, 1.807) is 12.1 Å². The molecule has 2 aromatic rings. The van der Waals surface area contributed by atoms with Crippen LogP contribution < -0.4 is 8.97 Å². The highest BCUT2D eigenvalue weighted by Gasteiger charge is 2.47. The molecule has 1 heterocycles. The molecule has 0 radical (unpaired) electrons. The number of esters is 1. The molecule has 3 rings (SSSR count). The monoisotopic (exact) mass is 355 g/mol. The first kappa shape index (κ1) is 17.0. The van der Waals surface area contributed by atoms with Crippen molar-refractivity contribution in [2.24, 2.45) is 0 Å². The third kappa shape index (κ3) is 3.32. The van der Waals surface area contributed by atoms with Crippen molar-refractivity contribution in [1.29, 1.82) is 0 Å². The van der Waals surface area contributed by atoms with Crippen LogP contribution >= 0.6 is 0 Å². The first-order chi connectivity index (χ1) is 11.3. The Bertz CT molecular complexity index is 728. The third-order valence-corrected chi connectivity index (χ3v) is 14.9. The molecule has 24 heavy (non-hydrogen) atoms. The van der Waals surface area contributed by atoms with Crippen LogP contribution in [-0.2, 0) is 0 Å². The van der Waals surface area contributed by atoms with Crippen LogP contribution in [0.4, 0.5) is 5.69 Å². The molecule has 5 heteroatoms. The van der Waals surface area contributed by atoms with Crippen LogP contribution in [0.2, 0.25) is 38.3 Å². The molecule has 0 bridgehead atoms. The van der Waals surface area contributed by atoms with E-state index in [9.17, 15) is 4.79 Å². The Labute approximate surface area is 146 Å². The Morgan fingerprint density at radius 3 is 2.17 bits per heavy atom. The lowest BCUT2D eigenvalue weighted by Crippen LogP contribution is -2.55. The van der Waals surface area contributed by atoms with Gasteiger partial charge in [0.15, 0.2) is 0 Å². The molecule has 1 aliphatic heterocycles. The topological polar surface area (TPSA) is 29.5 Å². The maximum Gasteiger partial charge on any atom is 0.343 e. The number of carbonyl (C=O) groups is 1. The van der Waals surface area contributed by atoms with Gasteiger partial charge in [0, 0.05) is 5.69 Å². The van der Waals surface area contributed by atoms with Gasteiger partial charge in [-0.2, -0.15) is 0 Å². The van der Waals surface area contributed by atoms with Crippen molar-refractivity contribution < 1.29 is 9.53 Å². The summed E-state index contributed by atoms with van der Waals surface area (Å²) >= 11 is 0. The van der Waals surface area contributed by atoms with Crippen molar-refractivity contribution in [1.82, 2.24) is 0 Å². The number of hydrogen-bond donors (Lipinski definition) is 0. The number of rotatable bonds is 3. The van der Waals surface area contributed by atoms with Crippen LogP contribution in [0.3, 0.4) is 0 Å². The van der Waals surface area contributed by atoms with Crippen molar-refractivity contribution in [2.45, 2.75) is 38.3 Å². The molecule has 1 fully saturated rings.